The van der Waals surface area contributed by atoms with Crippen LogP contribution in [0, 0.1) is 0 Å². The average Bonchev–Trinajstić information content (AvgIpc) is 3.07. The molecule has 1 fully saturated rings. The average molecular weight is 412 g/mol. The van der Waals surface area contributed by atoms with E-state index in [2.05, 4.69) is 15.3 Å². The molecule has 1 aliphatic rings. The smallest absolute Gasteiger partial charge is 0.276 e. The van der Waals surface area contributed by atoms with Crippen molar-refractivity contribution >= 4 is 23.4 Å². The van der Waals surface area contributed by atoms with Gasteiger partial charge in [-0.2, -0.15) is 5.10 Å². The first-order chi connectivity index (χ1) is 14.2. The molecule has 9 nitrogen and oxygen atoms in total. The SMILES string of the molecule is CC(=O)N1CCN(Cc2cccc(C(=O)Nc3cn(C)nc3C(=O)N(C)C)c2)CC1. The molecule has 3 rings (SSSR count). The molecular formula is C21H28N6O3. The molecule has 0 spiro atoms. The summed E-state index contributed by atoms with van der Waals surface area (Å²) in [5.41, 5.74) is 2.12. The number of nitrogens with one attached hydrogen (secondary N) is 1. The molecule has 1 aromatic carbocycles. The topological polar surface area (TPSA) is 90.8 Å². The van der Waals surface area contributed by atoms with E-state index >= 15 is 0 Å². The summed E-state index contributed by atoms with van der Waals surface area (Å²) >= 11 is 0. The Kier molecular flexibility index (Phi) is 6.51. The minimum atomic E-state index is -0.293. The van der Waals surface area contributed by atoms with Crippen LogP contribution in [0.1, 0.15) is 33.3 Å². The van der Waals surface area contributed by atoms with Crippen molar-refractivity contribution in [3.05, 3.63) is 47.3 Å². The van der Waals surface area contributed by atoms with E-state index in [0.29, 0.717) is 17.8 Å². The molecule has 1 saturated heterocycles. The number of rotatable bonds is 5. The summed E-state index contributed by atoms with van der Waals surface area (Å²) in [4.78, 5) is 42.1. The van der Waals surface area contributed by atoms with Gasteiger partial charge in [0.25, 0.3) is 11.8 Å². The Morgan fingerprint density at radius 3 is 2.47 bits per heavy atom. The summed E-state index contributed by atoms with van der Waals surface area (Å²) in [6, 6.07) is 7.44. The Morgan fingerprint density at radius 1 is 1.13 bits per heavy atom. The van der Waals surface area contributed by atoms with Crippen LogP contribution in [-0.4, -0.2) is 82.5 Å². The lowest BCUT2D eigenvalue weighted by Gasteiger charge is -2.34. The summed E-state index contributed by atoms with van der Waals surface area (Å²) in [7, 11) is 4.99. The number of hydrogen-bond donors (Lipinski definition) is 1. The van der Waals surface area contributed by atoms with Crippen molar-refractivity contribution in [1.82, 2.24) is 24.5 Å². The molecule has 1 N–H and O–H groups in total. The van der Waals surface area contributed by atoms with Gasteiger partial charge in [0.1, 0.15) is 0 Å². The van der Waals surface area contributed by atoms with E-state index in [4.69, 9.17) is 0 Å². The predicted molar refractivity (Wildman–Crippen MR) is 113 cm³/mol. The maximum atomic E-state index is 12.8. The summed E-state index contributed by atoms with van der Waals surface area (Å²) < 4.78 is 1.50. The molecule has 2 aromatic rings. The second-order valence-electron chi connectivity index (χ2n) is 7.70. The van der Waals surface area contributed by atoms with Crippen LogP contribution in [-0.2, 0) is 18.4 Å². The third-order valence-corrected chi connectivity index (χ3v) is 5.10. The van der Waals surface area contributed by atoms with E-state index in [0.717, 1.165) is 31.7 Å². The molecular weight excluding hydrogens is 384 g/mol. The van der Waals surface area contributed by atoms with Crippen LogP contribution in [0.5, 0.6) is 0 Å². The van der Waals surface area contributed by atoms with Gasteiger partial charge >= 0.3 is 0 Å². The Balaban J connectivity index is 1.67. The fraction of sp³-hybridized carbons (Fsp3) is 0.429. The van der Waals surface area contributed by atoms with Gasteiger partial charge in [-0.3, -0.25) is 24.0 Å². The number of benzene rings is 1. The van der Waals surface area contributed by atoms with Crippen molar-refractivity contribution < 1.29 is 14.4 Å². The molecule has 0 unspecified atom stereocenters. The van der Waals surface area contributed by atoms with Gasteiger partial charge in [0.2, 0.25) is 5.91 Å². The van der Waals surface area contributed by atoms with Crippen LogP contribution in [0.15, 0.2) is 30.5 Å². The molecule has 9 heteroatoms. The van der Waals surface area contributed by atoms with Crippen LogP contribution in [0.2, 0.25) is 0 Å². The highest BCUT2D eigenvalue weighted by atomic mass is 16.2. The largest absolute Gasteiger partial charge is 0.343 e. The van der Waals surface area contributed by atoms with Crippen LogP contribution >= 0.6 is 0 Å². The summed E-state index contributed by atoms with van der Waals surface area (Å²) in [5.74, 6) is -0.459. The first kappa shape index (κ1) is 21.5. The fourth-order valence-electron chi connectivity index (χ4n) is 3.43. The summed E-state index contributed by atoms with van der Waals surface area (Å²) in [6.07, 6.45) is 1.62. The number of aryl methyl sites for hydroxylation is 1. The Labute approximate surface area is 176 Å². The zero-order valence-electron chi connectivity index (χ0n) is 17.9. The van der Waals surface area contributed by atoms with Crippen molar-refractivity contribution in [2.75, 3.05) is 45.6 Å². The summed E-state index contributed by atoms with van der Waals surface area (Å²) in [6.45, 7) is 5.36. The molecule has 160 valence electrons. The number of hydrogen-bond acceptors (Lipinski definition) is 5. The van der Waals surface area contributed by atoms with E-state index in [1.54, 1.807) is 40.3 Å². The van der Waals surface area contributed by atoms with E-state index < -0.39 is 0 Å². The normalized spacial score (nSPS) is 14.5. The number of piperazine rings is 1. The monoisotopic (exact) mass is 412 g/mol. The van der Waals surface area contributed by atoms with E-state index in [1.165, 1.54) is 9.58 Å². The molecule has 2 heterocycles. The number of amides is 3. The second kappa shape index (κ2) is 9.08. The van der Waals surface area contributed by atoms with Crippen molar-refractivity contribution in [2.24, 2.45) is 7.05 Å². The third kappa shape index (κ3) is 5.04. The predicted octanol–water partition coefficient (Wildman–Crippen LogP) is 1.04. The van der Waals surface area contributed by atoms with E-state index in [1.807, 2.05) is 23.1 Å². The lowest BCUT2D eigenvalue weighted by molar-refractivity contribution is -0.130. The zero-order chi connectivity index (χ0) is 21.8. The minimum Gasteiger partial charge on any atom is -0.343 e. The number of anilines is 1. The first-order valence-electron chi connectivity index (χ1n) is 9.88. The molecule has 0 atom stereocenters. The minimum absolute atomic E-state index is 0.107. The van der Waals surface area contributed by atoms with Crippen LogP contribution in [0.4, 0.5) is 5.69 Å². The second-order valence-corrected chi connectivity index (χ2v) is 7.70. The molecule has 0 saturated carbocycles. The van der Waals surface area contributed by atoms with Crippen LogP contribution in [0.25, 0.3) is 0 Å². The number of nitrogens with zero attached hydrogens (tertiary/aromatic N) is 5. The standard InChI is InChI=1S/C21H28N6O3/c1-15(28)27-10-8-26(9-11-27)13-16-6-5-7-17(12-16)20(29)22-18-14-25(4)23-19(18)21(30)24(2)3/h5-7,12,14H,8-11,13H2,1-4H3,(H,22,29). The molecule has 30 heavy (non-hydrogen) atoms. The molecule has 1 aromatic heterocycles. The lowest BCUT2D eigenvalue weighted by Crippen LogP contribution is -2.47. The fourth-order valence-corrected chi connectivity index (χ4v) is 3.43. The Hall–Kier alpha value is -3.20. The van der Waals surface area contributed by atoms with Gasteiger partial charge in [0, 0.05) is 72.6 Å². The lowest BCUT2D eigenvalue weighted by atomic mass is 10.1. The maximum Gasteiger partial charge on any atom is 0.276 e. The van der Waals surface area contributed by atoms with E-state index in [-0.39, 0.29) is 23.4 Å². The van der Waals surface area contributed by atoms with Gasteiger partial charge in [-0.05, 0) is 17.7 Å². The zero-order valence-corrected chi connectivity index (χ0v) is 17.9. The van der Waals surface area contributed by atoms with Gasteiger partial charge in [0.15, 0.2) is 5.69 Å². The molecule has 0 aliphatic carbocycles. The highest BCUT2D eigenvalue weighted by molar-refractivity contribution is 6.08. The van der Waals surface area contributed by atoms with Gasteiger partial charge in [-0.25, -0.2) is 0 Å². The number of carbonyl (C=O) groups excluding carboxylic acids is 3. The van der Waals surface area contributed by atoms with Crippen LogP contribution in [0.3, 0.4) is 0 Å². The highest BCUT2D eigenvalue weighted by Crippen LogP contribution is 2.17. The van der Waals surface area contributed by atoms with Gasteiger partial charge < -0.3 is 15.1 Å². The van der Waals surface area contributed by atoms with Gasteiger partial charge in [-0.15, -0.1) is 0 Å². The first-order valence-corrected chi connectivity index (χ1v) is 9.88. The van der Waals surface area contributed by atoms with Crippen LogP contribution < -0.4 is 5.32 Å². The van der Waals surface area contributed by atoms with Crippen molar-refractivity contribution in [3.63, 3.8) is 0 Å². The maximum absolute atomic E-state index is 12.8. The molecule has 0 radical (unpaired) electrons. The van der Waals surface area contributed by atoms with E-state index in [9.17, 15) is 14.4 Å². The van der Waals surface area contributed by atoms with Crippen molar-refractivity contribution in [1.29, 1.82) is 0 Å². The molecule has 1 aliphatic heterocycles. The highest BCUT2D eigenvalue weighted by Gasteiger charge is 2.21. The van der Waals surface area contributed by atoms with Crippen molar-refractivity contribution in [3.8, 4) is 0 Å². The number of carbonyl (C=O) groups is 3. The quantitative estimate of drug-likeness (QED) is 0.792. The Bertz CT molecular complexity index is 944. The van der Waals surface area contributed by atoms with Gasteiger partial charge in [-0.1, -0.05) is 12.1 Å². The molecule has 3 amide bonds. The molecule has 0 bridgehead atoms. The number of aromatic nitrogens is 2. The Morgan fingerprint density at radius 2 is 1.83 bits per heavy atom. The van der Waals surface area contributed by atoms with Crippen molar-refractivity contribution in [2.45, 2.75) is 13.5 Å². The third-order valence-electron chi connectivity index (χ3n) is 5.10. The summed E-state index contributed by atoms with van der Waals surface area (Å²) in [5, 5.41) is 6.97. The van der Waals surface area contributed by atoms with Gasteiger partial charge in [0.05, 0.1) is 5.69 Å².